The van der Waals surface area contributed by atoms with Crippen molar-refractivity contribution in [2.45, 2.75) is 38.2 Å². The van der Waals surface area contributed by atoms with E-state index >= 15 is 0 Å². The van der Waals surface area contributed by atoms with Gasteiger partial charge in [-0.05, 0) is 50.4 Å². The van der Waals surface area contributed by atoms with E-state index in [0.29, 0.717) is 17.8 Å². The number of aliphatic carboxylic acids is 1. The number of carboxylic acid groups (broad SMARTS) is 1. The second-order valence-electron chi connectivity index (χ2n) is 5.82. The highest BCUT2D eigenvalue weighted by molar-refractivity contribution is 5.78. The standard InChI is InChI=1S/C11H16O3/c1-10(14)2-6-4-11(9(12)13)5-7(3-10)8(6)11/h6-8,14H,2-5H2,1H3,(H,12,13). The first-order valence-electron chi connectivity index (χ1n) is 5.40. The maximum absolute atomic E-state index is 11.1. The molecular formula is C11H16O3. The summed E-state index contributed by atoms with van der Waals surface area (Å²) in [6.45, 7) is 1.89. The molecule has 0 aromatic heterocycles. The largest absolute Gasteiger partial charge is 0.481 e. The number of carboxylic acids is 1. The Bertz CT molecular complexity index is 290. The summed E-state index contributed by atoms with van der Waals surface area (Å²) in [6.07, 6.45) is 3.23. The molecule has 0 spiro atoms. The van der Waals surface area contributed by atoms with Gasteiger partial charge in [0.2, 0.25) is 0 Å². The second kappa shape index (κ2) is 2.16. The highest BCUT2D eigenvalue weighted by Gasteiger charge is 2.71. The van der Waals surface area contributed by atoms with E-state index in [4.69, 9.17) is 5.11 Å². The smallest absolute Gasteiger partial charge is 0.309 e. The van der Waals surface area contributed by atoms with Gasteiger partial charge in [0.15, 0.2) is 0 Å². The lowest BCUT2D eigenvalue weighted by atomic mass is 9.34. The van der Waals surface area contributed by atoms with Crippen LogP contribution in [-0.4, -0.2) is 21.8 Å². The van der Waals surface area contributed by atoms with Gasteiger partial charge in [0, 0.05) is 0 Å². The Hall–Kier alpha value is -0.570. The fraction of sp³-hybridized carbons (Fsp3) is 0.909. The Morgan fingerprint density at radius 2 is 1.71 bits per heavy atom. The van der Waals surface area contributed by atoms with Crippen LogP contribution in [-0.2, 0) is 4.79 Å². The van der Waals surface area contributed by atoms with Gasteiger partial charge >= 0.3 is 5.97 Å². The molecule has 3 aliphatic rings. The fourth-order valence-electron chi connectivity index (χ4n) is 4.44. The summed E-state index contributed by atoms with van der Waals surface area (Å²) >= 11 is 0. The summed E-state index contributed by atoms with van der Waals surface area (Å²) in [4.78, 5) is 11.1. The maximum atomic E-state index is 11.1. The number of rotatable bonds is 1. The summed E-state index contributed by atoms with van der Waals surface area (Å²) in [6, 6.07) is 0. The predicted octanol–water partition coefficient (Wildman–Crippen LogP) is 1.26. The Labute approximate surface area is 83.1 Å². The molecule has 0 bridgehead atoms. The first-order valence-corrected chi connectivity index (χ1v) is 5.40. The quantitative estimate of drug-likeness (QED) is 0.663. The molecule has 14 heavy (non-hydrogen) atoms. The molecule has 0 heterocycles. The zero-order chi connectivity index (χ0) is 10.1. The van der Waals surface area contributed by atoms with E-state index in [1.165, 1.54) is 0 Å². The van der Waals surface area contributed by atoms with Crippen molar-refractivity contribution in [1.29, 1.82) is 0 Å². The van der Waals surface area contributed by atoms with Gasteiger partial charge in [-0.2, -0.15) is 0 Å². The number of aliphatic hydroxyl groups is 1. The molecule has 2 unspecified atom stereocenters. The molecule has 0 aromatic carbocycles. The normalized spacial score (nSPS) is 59.4. The van der Waals surface area contributed by atoms with E-state index in [-0.39, 0.29) is 5.41 Å². The average Bonchev–Trinajstić information content (AvgIpc) is 1.94. The van der Waals surface area contributed by atoms with Crippen molar-refractivity contribution >= 4 is 5.97 Å². The molecule has 3 nitrogen and oxygen atoms in total. The van der Waals surface area contributed by atoms with Crippen LogP contribution >= 0.6 is 0 Å². The Morgan fingerprint density at radius 1 is 1.21 bits per heavy atom. The number of hydrogen-bond donors (Lipinski definition) is 2. The van der Waals surface area contributed by atoms with Crippen LogP contribution in [0.1, 0.15) is 32.6 Å². The highest BCUT2D eigenvalue weighted by atomic mass is 16.4. The Kier molecular flexibility index (Phi) is 1.34. The minimum absolute atomic E-state index is 0.369. The van der Waals surface area contributed by atoms with E-state index in [1.807, 2.05) is 6.92 Å². The molecule has 0 amide bonds. The van der Waals surface area contributed by atoms with Crippen LogP contribution in [0.15, 0.2) is 0 Å². The molecule has 2 atom stereocenters. The third-order valence-corrected chi connectivity index (χ3v) is 4.74. The SMILES string of the molecule is CC1(O)CC2CC3(C(=O)O)CC(C1)C23. The summed E-state index contributed by atoms with van der Waals surface area (Å²) < 4.78 is 0. The van der Waals surface area contributed by atoms with Gasteiger partial charge in [0.1, 0.15) is 0 Å². The van der Waals surface area contributed by atoms with Crippen molar-refractivity contribution in [3.8, 4) is 0 Å². The minimum Gasteiger partial charge on any atom is -0.481 e. The van der Waals surface area contributed by atoms with Gasteiger partial charge in [-0.1, -0.05) is 0 Å². The molecule has 3 rings (SSSR count). The molecular weight excluding hydrogens is 180 g/mol. The number of hydrogen-bond acceptors (Lipinski definition) is 2. The van der Waals surface area contributed by atoms with Gasteiger partial charge < -0.3 is 10.2 Å². The van der Waals surface area contributed by atoms with E-state index in [9.17, 15) is 9.90 Å². The maximum Gasteiger partial charge on any atom is 0.309 e. The zero-order valence-corrected chi connectivity index (χ0v) is 8.36. The van der Waals surface area contributed by atoms with Gasteiger partial charge in [0.25, 0.3) is 0 Å². The van der Waals surface area contributed by atoms with E-state index < -0.39 is 11.6 Å². The average molecular weight is 196 g/mol. The van der Waals surface area contributed by atoms with Gasteiger partial charge in [-0.3, -0.25) is 4.79 Å². The summed E-state index contributed by atoms with van der Waals surface area (Å²) in [7, 11) is 0. The predicted molar refractivity (Wildman–Crippen MR) is 49.6 cm³/mol. The molecule has 0 aromatic rings. The van der Waals surface area contributed by atoms with Crippen LogP contribution in [0, 0.1) is 23.2 Å². The monoisotopic (exact) mass is 196 g/mol. The first-order chi connectivity index (χ1) is 6.45. The molecule has 3 aliphatic carbocycles. The third kappa shape index (κ3) is 0.800. The summed E-state index contributed by atoms with van der Waals surface area (Å²) in [5.41, 5.74) is -0.900. The van der Waals surface area contributed by atoms with Crippen molar-refractivity contribution in [2.24, 2.45) is 23.2 Å². The van der Waals surface area contributed by atoms with E-state index in [2.05, 4.69) is 0 Å². The fourth-order valence-corrected chi connectivity index (χ4v) is 4.44. The van der Waals surface area contributed by atoms with E-state index in [0.717, 1.165) is 25.7 Å². The highest BCUT2D eigenvalue weighted by Crippen LogP contribution is 2.72. The molecule has 0 radical (unpaired) electrons. The first kappa shape index (κ1) is 8.72. The van der Waals surface area contributed by atoms with E-state index in [1.54, 1.807) is 0 Å². The van der Waals surface area contributed by atoms with Crippen LogP contribution < -0.4 is 0 Å². The lowest BCUT2D eigenvalue weighted by Gasteiger charge is -2.69. The van der Waals surface area contributed by atoms with Crippen LogP contribution in [0.5, 0.6) is 0 Å². The van der Waals surface area contributed by atoms with Crippen LogP contribution in [0.3, 0.4) is 0 Å². The lowest BCUT2D eigenvalue weighted by Crippen LogP contribution is -2.69. The Balaban J connectivity index is 1.83. The molecule has 2 N–H and O–H groups in total. The second-order valence-corrected chi connectivity index (χ2v) is 5.82. The summed E-state index contributed by atoms with van der Waals surface area (Å²) in [5, 5.41) is 19.1. The van der Waals surface area contributed by atoms with Crippen molar-refractivity contribution < 1.29 is 15.0 Å². The Morgan fingerprint density at radius 3 is 2.14 bits per heavy atom. The van der Waals surface area contributed by atoms with Crippen molar-refractivity contribution in [3.63, 3.8) is 0 Å². The van der Waals surface area contributed by atoms with Crippen LogP contribution in [0.4, 0.5) is 0 Å². The van der Waals surface area contributed by atoms with Crippen molar-refractivity contribution in [1.82, 2.24) is 0 Å². The molecule has 0 saturated heterocycles. The topological polar surface area (TPSA) is 57.5 Å². The van der Waals surface area contributed by atoms with Crippen molar-refractivity contribution in [2.75, 3.05) is 0 Å². The third-order valence-electron chi connectivity index (χ3n) is 4.74. The van der Waals surface area contributed by atoms with Crippen molar-refractivity contribution in [3.05, 3.63) is 0 Å². The molecule has 78 valence electrons. The van der Waals surface area contributed by atoms with Gasteiger partial charge in [0.05, 0.1) is 11.0 Å². The van der Waals surface area contributed by atoms with Crippen LogP contribution in [0.2, 0.25) is 0 Å². The zero-order valence-electron chi connectivity index (χ0n) is 8.36. The molecule has 3 fully saturated rings. The van der Waals surface area contributed by atoms with Gasteiger partial charge in [-0.15, -0.1) is 0 Å². The summed E-state index contributed by atoms with van der Waals surface area (Å²) in [5.74, 6) is 0.749. The van der Waals surface area contributed by atoms with Crippen LogP contribution in [0.25, 0.3) is 0 Å². The number of carbonyl (C=O) groups is 1. The van der Waals surface area contributed by atoms with Gasteiger partial charge in [-0.25, -0.2) is 0 Å². The molecule has 3 saturated carbocycles. The minimum atomic E-state index is -0.600. The lowest BCUT2D eigenvalue weighted by molar-refractivity contribution is -0.249. The molecule has 3 heteroatoms. The molecule has 0 aliphatic heterocycles.